The molecule has 1 atom stereocenters. The maximum atomic E-state index is 12.0. The third-order valence-corrected chi connectivity index (χ3v) is 3.98. The maximum absolute atomic E-state index is 12.0. The quantitative estimate of drug-likeness (QED) is 0.803. The summed E-state index contributed by atoms with van der Waals surface area (Å²) < 4.78 is 5.60. The molecule has 104 valence electrons. The van der Waals surface area contributed by atoms with Crippen molar-refractivity contribution < 1.29 is 9.53 Å². The lowest BCUT2D eigenvalue weighted by Gasteiger charge is -2.20. The number of carbonyl (C=O) groups is 1. The van der Waals surface area contributed by atoms with Crippen molar-refractivity contribution in [3.63, 3.8) is 0 Å². The molecule has 19 heavy (non-hydrogen) atoms. The zero-order valence-electron chi connectivity index (χ0n) is 11.2. The molecule has 1 aliphatic heterocycles. The fourth-order valence-corrected chi connectivity index (χ4v) is 2.87. The first-order valence-corrected chi connectivity index (χ1v) is 7.67. The lowest BCUT2D eigenvalue weighted by Crippen LogP contribution is -2.43. The minimum atomic E-state index is -0.00922. The average Bonchev–Trinajstić information content (AvgIpc) is 2.98. The third-order valence-electron chi connectivity index (χ3n) is 3.04. The molecule has 1 amide bonds. The molecule has 0 bridgehead atoms. The molecule has 1 aromatic rings. The van der Waals surface area contributed by atoms with Crippen LogP contribution in [0.3, 0.4) is 0 Å². The molecule has 1 N–H and O–H groups in total. The van der Waals surface area contributed by atoms with E-state index in [1.54, 1.807) is 16.7 Å². The maximum Gasteiger partial charge on any atom is 0.240 e. The Kier molecular flexibility index (Phi) is 5.54. The summed E-state index contributed by atoms with van der Waals surface area (Å²) in [6, 6.07) is 9.74. The number of nitrogens with one attached hydrogen (secondary N) is 1. The van der Waals surface area contributed by atoms with Crippen LogP contribution in [0.1, 0.15) is 6.42 Å². The second-order valence-corrected chi connectivity index (χ2v) is 5.58. The van der Waals surface area contributed by atoms with Crippen molar-refractivity contribution in [2.24, 2.45) is 0 Å². The summed E-state index contributed by atoms with van der Waals surface area (Å²) in [4.78, 5) is 13.8. The number of benzene rings is 1. The smallest absolute Gasteiger partial charge is 0.240 e. The summed E-state index contributed by atoms with van der Waals surface area (Å²) in [5.41, 5.74) is 0. The van der Waals surface area contributed by atoms with Gasteiger partial charge in [-0.3, -0.25) is 10.1 Å². The minimum absolute atomic E-state index is 0.00922. The lowest BCUT2D eigenvalue weighted by atomic mass is 10.3. The van der Waals surface area contributed by atoms with Gasteiger partial charge in [-0.05, 0) is 18.6 Å². The van der Waals surface area contributed by atoms with Gasteiger partial charge in [0.15, 0.2) is 0 Å². The van der Waals surface area contributed by atoms with Gasteiger partial charge in [-0.25, -0.2) is 0 Å². The van der Waals surface area contributed by atoms with Gasteiger partial charge in [0.1, 0.15) is 5.75 Å². The number of hydrogen-bond acceptors (Lipinski definition) is 4. The SMILES string of the molecule is CN(CCCOc1ccccc1)C(=O)C1CSCN1. The lowest BCUT2D eigenvalue weighted by molar-refractivity contribution is -0.131. The van der Waals surface area contributed by atoms with Crippen molar-refractivity contribution in [2.45, 2.75) is 12.5 Å². The fraction of sp³-hybridized carbons (Fsp3) is 0.500. The molecule has 1 heterocycles. The third kappa shape index (κ3) is 4.44. The van der Waals surface area contributed by atoms with Crippen molar-refractivity contribution in [3.05, 3.63) is 30.3 Å². The molecule has 0 aromatic heterocycles. The van der Waals surface area contributed by atoms with E-state index in [9.17, 15) is 4.79 Å². The zero-order valence-corrected chi connectivity index (χ0v) is 12.0. The highest BCUT2D eigenvalue weighted by molar-refractivity contribution is 7.99. The van der Waals surface area contributed by atoms with E-state index < -0.39 is 0 Å². The Morgan fingerprint density at radius 3 is 2.95 bits per heavy atom. The molecule has 1 aromatic carbocycles. The standard InChI is InChI=1S/C14H20N2O2S/c1-16(14(17)13-10-19-11-15-13)8-5-9-18-12-6-3-2-4-7-12/h2-4,6-7,13,15H,5,8-11H2,1H3. The van der Waals surface area contributed by atoms with Crippen LogP contribution in [0.5, 0.6) is 5.75 Å². The summed E-state index contributed by atoms with van der Waals surface area (Å²) in [5, 5.41) is 3.19. The molecule has 1 aliphatic rings. The van der Waals surface area contributed by atoms with E-state index in [0.717, 1.165) is 30.3 Å². The Balaban J connectivity index is 1.63. The van der Waals surface area contributed by atoms with Crippen LogP contribution in [0.25, 0.3) is 0 Å². The monoisotopic (exact) mass is 280 g/mol. The predicted octanol–water partition coefficient (Wildman–Crippen LogP) is 1.58. The molecule has 5 heteroatoms. The molecule has 1 unspecified atom stereocenters. The van der Waals surface area contributed by atoms with Gasteiger partial charge in [0, 0.05) is 25.2 Å². The summed E-state index contributed by atoms with van der Waals surface area (Å²) in [6.07, 6.45) is 0.844. The topological polar surface area (TPSA) is 41.6 Å². The van der Waals surface area contributed by atoms with Gasteiger partial charge in [-0.15, -0.1) is 11.8 Å². The number of carbonyl (C=O) groups excluding carboxylic acids is 1. The van der Waals surface area contributed by atoms with Crippen LogP contribution in [0.4, 0.5) is 0 Å². The molecular formula is C14H20N2O2S. The van der Waals surface area contributed by atoms with Crippen molar-refractivity contribution in [1.29, 1.82) is 0 Å². The Hall–Kier alpha value is -1.20. The molecule has 0 spiro atoms. The van der Waals surface area contributed by atoms with Gasteiger partial charge in [-0.1, -0.05) is 18.2 Å². The molecular weight excluding hydrogens is 260 g/mol. The van der Waals surface area contributed by atoms with Gasteiger partial charge in [0.25, 0.3) is 0 Å². The van der Waals surface area contributed by atoms with Crippen molar-refractivity contribution >= 4 is 17.7 Å². The number of thioether (sulfide) groups is 1. The van der Waals surface area contributed by atoms with E-state index in [2.05, 4.69) is 5.32 Å². The summed E-state index contributed by atoms with van der Waals surface area (Å²) in [7, 11) is 1.86. The van der Waals surface area contributed by atoms with E-state index in [1.807, 2.05) is 37.4 Å². The fourth-order valence-electron chi connectivity index (χ4n) is 1.94. The number of hydrogen-bond donors (Lipinski definition) is 1. The summed E-state index contributed by atoms with van der Waals surface area (Å²) in [5.74, 6) is 2.82. The second kappa shape index (κ2) is 7.40. The van der Waals surface area contributed by atoms with Crippen LogP contribution in [-0.4, -0.2) is 48.7 Å². The van der Waals surface area contributed by atoms with Gasteiger partial charge in [0.2, 0.25) is 5.91 Å². The normalized spacial score (nSPS) is 18.3. The molecule has 0 saturated carbocycles. The first-order valence-electron chi connectivity index (χ1n) is 6.51. The Labute approximate surface area is 118 Å². The highest BCUT2D eigenvalue weighted by Crippen LogP contribution is 2.12. The van der Waals surface area contributed by atoms with Gasteiger partial charge >= 0.3 is 0 Å². The highest BCUT2D eigenvalue weighted by Gasteiger charge is 2.24. The van der Waals surface area contributed by atoms with E-state index in [0.29, 0.717) is 6.61 Å². The number of para-hydroxylation sites is 1. The number of nitrogens with zero attached hydrogens (tertiary/aromatic N) is 1. The second-order valence-electron chi connectivity index (χ2n) is 4.55. The van der Waals surface area contributed by atoms with Crippen LogP contribution in [-0.2, 0) is 4.79 Å². The van der Waals surface area contributed by atoms with E-state index in [-0.39, 0.29) is 11.9 Å². The van der Waals surface area contributed by atoms with Crippen LogP contribution in [0.2, 0.25) is 0 Å². The predicted molar refractivity (Wildman–Crippen MR) is 78.4 cm³/mol. The van der Waals surface area contributed by atoms with Crippen LogP contribution < -0.4 is 10.1 Å². The molecule has 0 aliphatic carbocycles. The Bertz CT molecular complexity index is 394. The van der Waals surface area contributed by atoms with Crippen LogP contribution in [0, 0.1) is 0 Å². The summed E-state index contributed by atoms with van der Waals surface area (Å²) >= 11 is 1.77. The molecule has 0 radical (unpaired) electrons. The number of likely N-dealkylation sites (N-methyl/N-ethyl adjacent to an activating group) is 1. The van der Waals surface area contributed by atoms with E-state index in [1.165, 1.54) is 0 Å². The number of amides is 1. The van der Waals surface area contributed by atoms with Gasteiger partial charge in [0.05, 0.1) is 12.6 Å². The van der Waals surface area contributed by atoms with Gasteiger partial charge < -0.3 is 9.64 Å². The molecule has 2 rings (SSSR count). The van der Waals surface area contributed by atoms with Crippen LogP contribution in [0.15, 0.2) is 30.3 Å². The largest absolute Gasteiger partial charge is 0.494 e. The summed E-state index contributed by atoms with van der Waals surface area (Å²) in [6.45, 7) is 1.36. The number of ether oxygens (including phenoxy) is 1. The first kappa shape index (κ1) is 14.2. The van der Waals surface area contributed by atoms with E-state index >= 15 is 0 Å². The van der Waals surface area contributed by atoms with Crippen molar-refractivity contribution in [3.8, 4) is 5.75 Å². The molecule has 4 nitrogen and oxygen atoms in total. The van der Waals surface area contributed by atoms with E-state index in [4.69, 9.17) is 4.74 Å². The van der Waals surface area contributed by atoms with Crippen LogP contribution >= 0.6 is 11.8 Å². The Morgan fingerprint density at radius 2 is 2.26 bits per heavy atom. The molecule has 1 fully saturated rings. The molecule has 1 saturated heterocycles. The van der Waals surface area contributed by atoms with Gasteiger partial charge in [-0.2, -0.15) is 0 Å². The first-order chi connectivity index (χ1) is 9.27. The van der Waals surface area contributed by atoms with Crippen molar-refractivity contribution in [2.75, 3.05) is 31.8 Å². The van der Waals surface area contributed by atoms with Crippen molar-refractivity contribution in [1.82, 2.24) is 10.2 Å². The average molecular weight is 280 g/mol. The highest BCUT2D eigenvalue weighted by atomic mass is 32.2. The number of rotatable bonds is 6. The Morgan fingerprint density at radius 1 is 1.47 bits per heavy atom. The minimum Gasteiger partial charge on any atom is -0.494 e. The zero-order chi connectivity index (χ0) is 13.5.